The Morgan fingerprint density at radius 3 is 2.45 bits per heavy atom. The Balaban J connectivity index is 2.06. The van der Waals surface area contributed by atoms with Crippen molar-refractivity contribution in [1.82, 2.24) is 9.78 Å². The second-order valence-electron chi connectivity index (χ2n) is 6.12. The number of hydrogen-bond donors (Lipinski definition) is 2. The molecule has 1 aromatic heterocycles. The highest BCUT2D eigenvalue weighted by molar-refractivity contribution is 6.06. The van der Waals surface area contributed by atoms with Gasteiger partial charge in [0, 0.05) is 5.56 Å². The lowest BCUT2D eigenvalue weighted by Gasteiger charge is -2.14. The molecule has 3 N–H and O–H groups in total. The predicted molar refractivity (Wildman–Crippen MR) is 96.2 cm³/mol. The molecule has 0 saturated carbocycles. The van der Waals surface area contributed by atoms with Crippen LogP contribution in [0, 0.1) is 12.7 Å². The van der Waals surface area contributed by atoms with Crippen LogP contribution in [0.3, 0.4) is 0 Å². The quantitative estimate of drug-likeness (QED) is 0.648. The van der Waals surface area contributed by atoms with Crippen molar-refractivity contribution in [3.8, 4) is 5.69 Å². The van der Waals surface area contributed by atoms with Crippen molar-refractivity contribution < 1.29 is 27.2 Å². The van der Waals surface area contributed by atoms with Crippen LogP contribution in [0.15, 0.2) is 48.7 Å². The van der Waals surface area contributed by atoms with Crippen molar-refractivity contribution in [2.75, 3.05) is 5.32 Å². The molecule has 0 atom stereocenters. The van der Waals surface area contributed by atoms with Gasteiger partial charge < -0.3 is 11.1 Å². The van der Waals surface area contributed by atoms with Gasteiger partial charge in [0.1, 0.15) is 5.82 Å². The average molecular weight is 406 g/mol. The number of hydrogen-bond acceptors (Lipinski definition) is 3. The minimum atomic E-state index is -4.92. The molecule has 0 radical (unpaired) electrons. The van der Waals surface area contributed by atoms with Gasteiger partial charge in [0.05, 0.1) is 23.1 Å². The van der Waals surface area contributed by atoms with E-state index in [1.54, 1.807) is 19.1 Å². The number of para-hydroxylation sites is 1. The molecular formula is C19H14F4N4O2. The molecule has 2 amide bonds. The summed E-state index contributed by atoms with van der Waals surface area (Å²) in [6, 6.07) is 9.11. The lowest BCUT2D eigenvalue weighted by molar-refractivity contribution is -0.143. The Morgan fingerprint density at radius 1 is 1.14 bits per heavy atom. The molecule has 29 heavy (non-hydrogen) atoms. The third kappa shape index (κ3) is 3.96. The second kappa shape index (κ2) is 7.38. The maximum atomic E-state index is 14.0. The zero-order chi connectivity index (χ0) is 21.3. The van der Waals surface area contributed by atoms with E-state index >= 15 is 0 Å². The third-order valence-electron chi connectivity index (χ3n) is 4.13. The lowest BCUT2D eigenvalue weighted by atomic mass is 10.1. The molecule has 2 aromatic carbocycles. The Kier molecular flexibility index (Phi) is 5.10. The van der Waals surface area contributed by atoms with E-state index in [-0.39, 0.29) is 11.3 Å². The summed E-state index contributed by atoms with van der Waals surface area (Å²) in [5, 5.41) is 5.75. The number of halogens is 4. The van der Waals surface area contributed by atoms with Crippen LogP contribution in [-0.4, -0.2) is 21.6 Å². The molecule has 0 unspecified atom stereocenters. The van der Waals surface area contributed by atoms with Gasteiger partial charge in [0.2, 0.25) is 5.91 Å². The van der Waals surface area contributed by atoms with Gasteiger partial charge in [-0.3, -0.25) is 9.59 Å². The summed E-state index contributed by atoms with van der Waals surface area (Å²) in [6.45, 7) is 1.60. The van der Waals surface area contributed by atoms with Gasteiger partial charge in [-0.25, -0.2) is 9.07 Å². The van der Waals surface area contributed by atoms with Crippen LogP contribution in [0.4, 0.5) is 23.2 Å². The zero-order valence-corrected chi connectivity index (χ0v) is 14.9. The van der Waals surface area contributed by atoms with E-state index in [1.807, 2.05) is 5.32 Å². The highest BCUT2D eigenvalue weighted by Gasteiger charge is 2.40. The van der Waals surface area contributed by atoms with Crippen LogP contribution in [0.5, 0.6) is 0 Å². The van der Waals surface area contributed by atoms with E-state index in [0.717, 1.165) is 24.4 Å². The SMILES string of the molecule is Cc1ccccc1-n1ncc(C(=O)Nc2cc(C(N)=O)ccc2F)c1C(F)(F)F. The molecular weight excluding hydrogens is 392 g/mol. The minimum Gasteiger partial charge on any atom is -0.366 e. The number of aryl methyl sites for hydroxylation is 1. The largest absolute Gasteiger partial charge is 0.434 e. The van der Waals surface area contributed by atoms with E-state index in [0.29, 0.717) is 10.2 Å². The summed E-state index contributed by atoms with van der Waals surface area (Å²) in [4.78, 5) is 23.7. The monoisotopic (exact) mass is 406 g/mol. The van der Waals surface area contributed by atoms with E-state index in [2.05, 4.69) is 5.10 Å². The van der Waals surface area contributed by atoms with Gasteiger partial charge in [-0.05, 0) is 36.8 Å². The molecule has 0 aliphatic carbocycles. The zero-order valence-electron chi connectivity index (χ0n) is 14.9. The van der Waals surface area contributed by atoms with Gasteiger partial charge in [-0.15, -0.1) is 0 Å². The van der Waals surface area contributed by atoms with Gasteiger partial charge in [-0.2, -0.15) is 18.3 Å². The summed E-state index contributed by atoms with van der Waals surface area (Å²) >= 11 is 0. The second-order valence-corrected chi connectivity index (χ2v) is 6.12. The van der Waals surface area contributed by atoms with Crippen LogP contribution in [-0.2, 0) is 6.18 Å². The number of amides is 2. The number of carbonyl (C=O) groups is 2. The predicted octanol–water partition coefficient (Wildman–Crippen LogP) is 3.69. The molecule has 0 fully saturated rings. The fourth-order valence-electron chi connectivity index (χ4n) is 2.74. The lowest BCUT2D eigenvalue weighted by Crippen LogP contribution is -2.21. The van der Waals surface area contributed by atoms with Crippen LogP contribution >= 0.6 is 0 Å². The van der Waals surface area contributed by atoms with E-state index in [9.17, 15) is 27.2 Å². The number of benzene rings is 2. The van der Waals surface area contributed by atoms with Crippen molar-refractivity contribution >= 4 is 17.5 Å². The van der Waals surface area contributed by atoms with Crippen molar-refractivity contribution in [3.63, 3.8) is 0 Å². The fraction of sp³-hybridized carbons (Fsp3) is 0.105. The molecule has 1 heterocycles. The number of primary amides is 1. The molecule has 0 aliphatic rings. The maximum absolute atomic E-state index is 14.0. The number of alkyl halides is 3. The molecule has 3 aromatic rings. The summed E-state index contributed by atoms with van der Waals surface area (Å²) < 4.78 is 55.8. The molecule has 0 saturated heterocycles. The van der Waals surface area contributed by atoms with Crippen LogP contribution in [0.1, 0.15) is 32.0 Å². The molecule has 10 heteroatoms. The first kappa shape index (κ1) is 20.1. The molecule has 0 aliphatic heterocycles. The first-order valence-corrected chi connectivity index (χ1v) is 8.21. The van der Waals surface area contributed by atoms with E-state index in [1.165, 1.54) is 12.1 Å². The van der Waals surface area contributed by atoms with E-state index in [4.69, 9.17) is 5.73 Å². The van der Waals surface area contributed by atoms with Crippen molar-refractivity contribution in [1.29, 1.82) is 0 Å². The number of nitrogens with zero attached hydrogens (tertiary/aromatic N) is 2. The number of rotatable bonds is 4. The Hall–Kier alpha value is -3.69. The van der Waals surface area contributed by atoms with Crippen molar-refractivity contribution in [2.24, 2.45) is 5.73 Å². The topological polar surface area (TPSA) is 90.0 Å². The summed E-state index contributed by atoms with van der Waals surface area (Å²) in [6.07, 6.45) is -4.17. The molecule has 0 bridgehead atoms. The van der Waals surface area contributed by atoms with E-state index < -0.39 is 40.8 Å². The Labute approximate surface area is 161 Å². The van der Waals surface area contributed by atoms with Gasteiger partial charge in [-0.1, -0.05) is 18.2 Å². The number of carbonyl (C=O) groups excluding carboxylic acids is 2. The molecule has 150 valence electrons. The summed E-state index contributed by atoms with van der Waals surface area (Å²) in [5.41, 5.74) is 3.04. The van der Waals surface area contributed by atoms with Crippen LogP contribution < -0.4 is 11.1 Å². The van der Waals surface area contributed by atoms with Crippen LogP contribution in [0.2, 0.25) is 0 Å². The minimum absolute atomic E-state index is 0.117. The Bertz CT molecular complexity index is 1110. The van der Waals surface area contributed by atoms with Gasteiger partial charge in [0.25, 0.3) is 5.91 Å². The standard InChI is InChI=1S/C19H14F4N4O2/c1-10-4-2-3-5-15(10)27-16(19(21,22)23)12(9-25-27)18(29)26-14-8-11(17(24)28)6-7-13(14)20/h2-9H,1H3,(H2,24,28)(H,26,29). The first-order chi connectivity index (χ1) is 13.6. The summed E-state index contributed by atoms with van der Waals surface area (Å²) in [5.74, 6) is -3.07. The number of aromatic nitrogens is 2. The van der Waals surface area contributed by atoms with Crippen molar-refractivity contribution in [2.45, 2.75) is 13.1 Å². The number of nitrogens with two attached hydrogens (primary N) is 1. The maximum Gasteiger partial charge on any atom is 0.434 e. The Morgan fingerprint density at radius 2 is 1.83 bits per heavy atom. The van der Waals surface area contributed by atoms with Gasteiger partial charge in [0.15, 0.2) is 5.69 Å². The van der Waals surface area contributed by atoms with Gasteiger partial charge >= 0.3 is 6.18 Å². The smallest absolute Gasteiger partial charge is 0.366 e. The number of anilines is 1. The highest BCUT2D eigenvalue weighted by Crippen LogP contribution is 2.34. The van der Waals surface area contributed by atoms with Crippen molar-refractivity contribution in [3.05, 3.63) is 76.9 Å². The van der Waals surface area contributed by atoms with Crippen LogP contribution in [0.25, 0.3) is 5.69 Å². The average Bonchev–Trinajstić information content (AvgIpc) is 3.09. The fourth-order valence-corrected chi connectivity index (χ4v) is 2.74. The highest BCUT2D eigenvalue weighted by atomic mass is 19.4. The summed E-state index contributed by atoms with van der Waals surface area (Å²) in [7, 11) is 0. The molecule has 3 rings (SSSR count). The number of nitrogens with one attached hydrogen (secondary N) is 1. The normalized spacial score (nSPS) is 11.3. The third-order valence-corrected chi connectivity index (χ3v) is 4.13. The first-order valence-electron chi connectivity index (χ1n) is 8.21. The molecule has 0 spiro atoms. The molecule has 6 nitrogen and oxygen atoms in total.